The van der Waals surface area contributed by atoms with E-state index in [4.69, 9.17) is 23.2 Å². The Morgan fingerprint density at radius 3 is 2.14 bits per heavy atom. The first-order valence-electron chi connectivity index (χ1n) is 13.6. The largest absolute Gasteiger partial charge is 0.354 e. The molecule has 0 spiro atoms. The van der Waals surface area contributed by atoms with Crippen molar-refractivity contribution in [3.8, 4) is 0 Å². The van der Waals surface area contributed by atoms with Crippen molar-refractivity contribution in [3.63, 3.8) is 0 Å². The molecule has 3 aromatic carbocycles. The molecule has 0 aromatic heterocycles. The van der Waals surface area contributed by atoms with E-state index in [1.54, 1.807) is 24.3 Å². The molecule has 226 valence electrons. The summed E-state index contributed by atoms with van der Waals surface area (Å²) < 4.78 is 40.5. The first-order chi connectivity index (χ1) is 19.9. The van der Waals surface area contributed by atoms with E-state index in [2.05, 4.69) is 5.32 Å². The fraction of sp³-hybridized carbons (Fsp3) is 0.355. The fourth-order valence-electron chi connectivity index (χ4n) is 4.47. The average molecular weight is 637 g/mol. The number of halogens is 3. The Morgan fingerprint density at radius 2 is 1.55 bits per heavy atom. The van der Waals surface area contributed by atoms with Crippen LogP contribution in [0.3, 0.4) is 0 Å². The smallest absolute Gasteiger partial charge is 0.243 e. The molecule has 1 N–H and O–H groups in total. The van der Waals surface area contributed by atoms with E-state index >= 15 is 0 Å². The molecule has 0 saturated carbocycles. The normalized spacial score (nSPS) is 12.2. The monoisotopic (exact) mass is 635 g/mol. The van der Waals surface area contributed by atoms with Crippen LogP contribution in [-0.2, 0) is 32.6 Å². The van der Waals surface area contributed by atoms with Crippen LogP contribution < -0.4 is 9.62 Å². The van der Waals surface area contributed by atoms with Gasteiger partial charge in [-0.2, -0.15) is 0 Å². The molecule has 7 nitrogen and oxygen atoms in total. The van der Waals surface area contributed by atoms with Gasteiger partial charge in [-0.05, 0) is 42.2 Å². The van der Waals surface area contributed by atoms with Gasteiger partial charge in [0.25, 0.3) is 0 Å². The summed E-state index contributed by atoms with van der Waals surface area (Å²) in [6.07, 6.45) is 1.20. The molecule has 0 aliphatic heterocycles. The van der Waals surface area contributed by atoms with E-state index in [0.29, 0.717) is 22.2 Å². The summed E-state index contributed by atoms with van der Waals surface area (Å²) in [6, 6.07) is 19.0. The maximum absolute atomic E-state index is 14.5. The van der Waals surface area contributed by atoms with Crippen LogP contribution >= 0.6 is 23.2 Å². The van der Waals surface area contributed by atoms with Gasteiger partial charge in [0.1, 0.15) is 11.9 Å². The zero-order valence-electron chi connectivity index (χ0n) is 23.9. The van der Waals surface area contributed by atoms with Crippen molar-refractivity contribution in [2.45, 2.75) is 45.7 Å². The van der Waals surface area contributed by atoms with Gasteiger partial charge < -0.3 is 10.2 Å². The number of para-hydroxylation sites is 1. The van der Waals surface area contributed by atoms with Crippen LogP contribution in [0.25, 0.3) is 0 Å². The number of sulfonamides is 1. The van der Waals surface area contributed by atoms with E-state index in [9.17, 15) is 22.4 Å². The number of amides is 2. The fourth-order valence-corrected chi connectivity index (χ4v) is 5.95. The molecule has 42 heavy (non-hydrogen) atoms. The summed E-state index contributed by atoms with van der Waals surface area (Å²) >= 11 is 12.9. The first-order valence-corrected chi connectivity index (χ1v) is 16.2. The molecular weight excluding hydrogens is 600 g/mol. The Hall–Kier alpha value is -3.14. The SMILES string of the molecule is CC(C)CNC(=O)[C@H](Cc1ccccc1)N(Cc1c(Cl)cccc1Cl)C(=O)CCCN(c1ccccc1F)S(C)(=O)=O. The average Bonchev–Trinajstić information content (AvgIpc) is 2.93. The molecule has 0 saturated heterocycles. The second-order valence-electron chi connectivity index (χ2n) is 10.5. The number of benzene rings is 3. The molecule has 0 unspecified atom stereocenters. The summed E-state index contributed by atoms with van der Waals surface area (Å²) in [7, 11) is -3.84. The summed E-state index contributed by atoms with van der Waals surface area (Å²) in [5, 5.41) is 3.65. The minimum atomic E-state index is -3.84. The maximum Gasteiger partial charge on any atom is 0.243 e. The summed E-state index contributed by atoms with van der Waals surface area (Å²) in [5.41, 5.74) is 1.25. The number of hydrogen-bond acceptors (Lipinski definition) is 4. The Bertz CT molecular complexity index is 1450. The van der Waals surface area contributed by atoms with Crippen LogP contribution in [0.5, 0.6) is 0 Å². The predicted molar refractivity (Wildman–Crippen MR) is 167 cm³/mol. The van der Waals surface area contributed by atoms with Crippen molar-refractivity contribution in [2.24, 2.45) is 5.92 Å². The van der Waals surface area contributed by atoms with Gasteiger partial charge in [0.05, 0.1) is 11.9 Å². The van der Waals surface area contributed by atoms with Gasteiger partial charge in [0, 0.05) is 48.1 Å². The van der Waals surface area contributed by atoms with Gasteiger partial charge in [-0.25, -0.2) is 12.8 Å². The summed E-state index contributed by atoms with van der Waals surface area (Å²) in [6.45, 7) is 4.21. The standard InChI is InChI=1S/C31H36Cl2FN3O4S/c1-22(2)20-35-31(39)29(19-23-11-5-4-6-12-23)36(21-24-25(32)13-9-14-26(24)33)30(38)17-10-18-37(42(3,40)41)28-16-8-7-15-27(28)34/h4-9,11-16,22,29H,10,17-21H2,1-3H3,(H,35,39)/t29-/m0/s1. The van der Waals surface area contributed by atoms with Crippen molar-refractivity contribution < 1.29 is 22.4 Å². The molecule has 0 radical (unpaired) electrons. The molecule has 2 amide bonds. The van der Waals surface area contributed by atoms with Crippen molar-refractivity contribution in [1.29, 1.82) is 0 Å². The van der Waals surface area contributed by atoms with E-state index in [1.807, 2.05) is 44.2 Å². The third-order valence-electron chi connectivity index (χ3n) is 6.62. The lowest BCUT2D eigenvalue weighted by atomic mass is 10.0. The zero-order valence-corrected chi connectivity index (χ0v) is 26.2. The van der Waals surface area contributed by atoms with Crippen LogP contribution in [0.4, 0.5) is 10.1 Å². The minimum Gasteiger partial charge on any atom is -0.354 e. The molecule has 11 heteroatoms. The lowest BCUT2D eigenvalue weighted by molar-refractivity contribution is -0.141. The summed E-state index contributed by atoms with van der Waals surface area (Å²) in [4.78, 5) is 28.9. The van der Waals surface area contributed by atoms with Crippen molar-refractivity contribution in [3.05, 3.63) is 99.8 Å². The van der Waals surface area contributed by atoms with Crippen LogP contribution in [-0.4, -0.2) is 50.5 Å². The summed E-state index contributed by atoms with van der Waals surface area (Å²) in [5.74, 6) is -1.22. The third-order valence-corrected chi connectivity index (χ3v) is 8.51. The Kier molecular flexibility index (Phi) is 12.2. The molecule has 0 fully saturated rings. The molecule has 0 aliphatic carbocycles. The van der Waals surface area contributed by atoms with Crippen LogP contribution in [0.1, 0.15) is 37.8 Å². The van der Waals surface area contributed by atoms with Crippen LogP contribution in [0.15, 0.2) is 72.8 Å². The van der Waals surface area contributed by atoms with E-state index < -0.39 is 27.8 Å². The van der Waals surface area contributed by atoms with Gasteiger partial charge in [-0.1, -0.05) is 85.6 Å². The highest BCUT2D eigenvalue weighted by Gasteiger charge is 2.31. The van der Waals surface area contributed by atoms with Crippen molar-refractivity contribution in [2.75, 3.05) is 23.7 Å². The molecule has 0 aliphatic rings. The molecule has 0 heterocycles. The van der Waals surface area contributed by atoms with Gasteiger partial charge in [0.2, 0.25) is 21.8 Å². The third kappa shape index (κ3) is 9.44. The number of carbonyl (C=O) groups excluding carboxylic acids is 2. The van der Waals surface area contributed by atoms with Gasteiger partial charge in [-0.15, -0.1) is 0 Å². The number of nitrogens with one attached hydrogen (secondary N) is 1. The predicted octanol–water partition coefficient (Wildman–Crippen LogP) is 6.09. The molecule has 0 bridgehead atoms. The van der Waals surface area contributed by atoms with Gasteiger partial charge >= 0.3 is 0 Å². The van der Waals surface area contributed by atoms with E-state index in [1.165, 1.54) is 23.1 Å². The lowest BCUT2D eigenvalue weighted by Gasteiger charge is -2.32. The molecule has 1 atom stereocenters. The highest BCUT2D eigenvalue weighted by Crippen LogP contribution is 2.28. The number of nitrogens with zero attached hydrogens (tertiary/aromatic N) is 2. The minimum absolute atomic E-state index is 0.0347. The molecule has 3 rings (SSSR count). The number of anilines is 1. The topological polar surface area (TPSA) is 86.8 Å². The zero-order chi connectivity index (χ0) is 30.9. The van der Waals surface area contributed by atoms with Crippen molar-refractivity contribution in [1.82, 2.24) is 10.2 Å². The van der Waals surface area contributed by atoms with Crippen molar-refractivity contribution >= 4 is 50.7 Å². The number of hydrogen-bond donors (Lipinski definition) is 1. The van der Waals surface area contributed by atoms with E-state index in [-0.39, 0.29) is 49.9 Å². The number of carbonyl (C=O) groups is 2. The maximum atomic E-state index is 14.5. The molecule has 3 aromatic rings. The second-order valence-corrected chi connectivity index (χ2v) is 13.2. The number of rotatable bonds is 14. The highest BCUT2D eigenvalue weighted by molar-refractivity contribution is 7.92. The lowest BCUT2D eigenvalue weighted by Crippen LogP contribution is -2.51. The quantitative estimate of drug-likeness (QED) is 0.232. The Balaban J connectivity index is 1.93. The van der Waals surface area contributed by atoms with Gasteiger partial charge in [-0.3, -0.25) is 13.9 Å². The van der Waals surface area contributed by atoms with E-state index in [0.717, 1.165) is 16.1 Å². The Labute approximate surface area is 257 Å². The molecular formula is C31H36Cl2FN3O4S. The second kappa shape index (κ2) is 15.4. The van der Waals surface area contributed by atoms with Gasteiger partial charge in [0.15, 0.2) is 0 Å². The Morgan fingerprint density at radius 1 is 0.929 bits per heavy atom. The highest BCUT2D eigenvalue weighted by atomic mass is 35.5. The van der Waals surface area contributed by atoms with Crippen LogP contribution in [0.2, 0.25) is 10.0 Å². The first kappa shape index (κ1) is 33.4. The van der Waals surface area contributed by atoms with Crippen LogP contribution in [0, 0.1) is 11.7 Å².